The Kier molecular flexibility index (Phi) is 7.26. The molecule has 43 heavy (non-hydrogen) atoms. The lowest BCUT2D eigenvalue weighted by molar-refractivity contribution is -0.0368. The molecule has 0 aliphatic heterocycles. The van der Waals surface area contributed by atoms with Crippen LogP contribution in [0.15, 0.2) is 127 Å². The summed E-state index contributed by atoms with van der Waals surface area (Å²) < 4.78 is 18.4. The van der Waals surface area contributed by atoms with Gasteiger partial charge in [-0.3, -0.25) is 0 Å². The molecule has 1 N–H and O–H groups in total. The molecule has 0 radical (unpaired) electrons. The van der Waals surface area contributed by atoms with Crippen LogP contribution in [-0.2, 0) is 10.3 Å². The first kappa shape index (κ1) is 27.5. The molecule has 2 bridgehead atoms. The van der Waals surface area contributed by atoms with Gasteiger partial charge in [0.1, 0.15) is 17.1 Å². The highest BCUT2D eigenvalue weighted by Gasteiger charge is 2.50. The van der Waals surface area contributed by atoms with Crippen LogP contribution >= 0.6 is 0 Å². The Morgan fingerprint density at radius 3 is 1.33 bits per heavy atom. The molecule has 4 heteroatoms. The smallest absolute Gasteiger partial charge is 0.143 e. The Morgan fingerprint density at radius 2 is 0.907 bits per heavy atom. The lowest BCUT2D eigenvalue weighted by atomic mass is 9.54. The van der Waals surface area contributed by atoms with E-state index in [4.69, 9.17) is 14.2 Å². The highest BCUT2D eigenvalue weighted by Crippen LogP contribution is 2.58. The summed E-state index contributed by atoms with van der Waals surface area (Å²) in [6.45, 7) is 0.559. The third kappa shape index (κ3) is 4.45. The monoisotopic (exact) mass is 568 g/mol. The maximum Gasteiger partial charge on any atom is 0.143 e. The molecule has 3 aliphatic carbocycles. The number of methoxy groups -OCH3 is 2. The summed E-state index contributed by atoms with van der Waals surface area (Å²) in [4.78, 5) is 0. The van der Waals surface area contributed by atoms with Gasteiger partial charge in [-0.25, -0.2) is 0 Å². The summed E-state index contributed by atoms with van der Waals surface area (Å²) in [5.41, 5.74) is 7.51. The van der Waals surface area contributed by atoms with E-state index < -0.39 is 5.60 Å². The number of aliphatic hydroxyl groups is 1. The zero-order valence-corrected chi connectivity index (χ0v) is 24.5. The summed E-state index contributed by atoms with van der Waals surface area (Å²) in [5, 5.41) is 10.9. The van der Waals surface area contributed by atoms with Crippen LogP contribution < -0.4 is 9.47 Å². The molecule has 0 unspecified atom stereocenters. The zero-order valence-electron chi connectivity index (χ0n) is 24.5. The number of ether oxygens (including phenoxy) is 3. The Hall–Kier alpha value is -4.38. The van der Waals surface area contributed by atoms with Gasteiger partial charge in [0, 0.05) is 18.4 Å². The van der Waals surface area contributed by atoms with Gasteiger partial charge in [-0.15, -0.1) is 0 Å². The maximum absolute atomic E-state index is 10.9. The molecule has 0 amide bonds. The fraction of sp³-hybridized carbons (Fsp3) is 0.231. The van der Waals surface area contributed by atoms with Crippen molar-refractivity contribution in [2.75, 3.05) is 27.4 Å². The molecule has 0 spiro atoms. The third-order valence-corrected chi connectivity index (χ3v) is 9.62. The van der Waals surface area contributed by atoms with E-state index >= 15 is 0 Å². The van der Waals surface area contributed by atoms with E-state index in [1.54, 1.807) is 14.2 Å². The predicted octanol–water partition coefficient (Wildman–Crippen LogP) is 7.53. The van der Waals surface area contributed by atoms with Crippen molar-refractivity contribution in [2.45, 2.75) is 17.4 Å². The highest BCUT2D eigenvalue weighted by molar-refractivity contribution is 5.57. The first-order valence-electron chi connectivity index (χ1n) is 15.0. The van der Waals surface area contributed by atoms with Crippen LogP contribution in [0.1, 0.15) is 50.8 Å². The van der Waals surface area contributed by atoms with Crippen molar-refractivity contribution in [3.8, 4) is 11.5 Å². The normalized spacial score (nSPS) is 20.3. The fourth-order valence-corrected chi connectivity index (χ4v) is 7.66. The SMILES string of the molecule is COc1ccc(C(OC[C@H]2C3c4ccccc4C(c4ccccc43)[C@@H]2CO)(c2ccccc2)c2ccc(OC)cc2)cc1. The van der Waals surface area contributed by atoms with Crippen molar-refractivity contribution in [2.24, 2.45) is 11.8 Å². The van der Waals surface area contributed by atoms with Crippen LogP contribution in [0, 0.1) is 11.8 Å². The van der Waals surface area contributed by atoms with Crippen LogP contribution in [-0.4, -0.2) is 32.5 Å². The van der Waals surface area contributed by atoms with Crippen molar-refractivity contribution >= 4 is 0 Å². The molecule has 5 aromatic carbocycles. The molecule has 2 atom stereocenters. The minimum atomic E-state index is -0.907. The van der Waals surface area contributed by atoms with Gasteiger partial charge in [0.25, 0.3) is 0 Å². The minimum Gasteiger partial charge on any atom is -0.497 e. The van der Waals surface area contributed by atoms with Crippen molar-refractivity contribution < 1.29 is 19.3 Å². The van der Waals surface area contributed by atoms with Gasteiger partial charge in [-0.2, -0.15) is 0 Å². The lowest BCUT2D eigenvalue weighted by Gasteiger charge is -2.51. The second-order valence-corrected chi connectivity index (χ2v) is 11.5. The summed E-state index contributed by atoms with van der Waals surface area (Å²) in [6.07, 6.45) is 0. The van der Waals surface area contributed by atoms with E-state index in [1.165, 1.54) is 22.3 Å². The van der Waals surface area contributed by atoms with E-state index in [9.17, 15) is 5.11 Å². The second kappa shape index (κ2) is 11.4. The van der Waals surface area contributed by atoms with Crippen LogP contribution in [0.3, 0.4) is 0 Å². The fourth-order valence-electron chi connectivity index (χ4n) is 7.66. The van der Waals surface area contributed by atoms with Crippen LogP contribution in [0.2, 0.25) is 0 Å². The van der Waals surface area contributed by atoms with Gasteiger partial charge < -0.3 is 19.3 Å². The van der Waals surface area contributed by atoms with Crippen molar-refractivity contribution in [1.82, 2.24) is 0 Å². The van der Waals surface area contributed by atoms with Gasteiger partial charge in [0.2, 0.25) is 0 Å². The Bertz CT molecular complexity index is 1600. The average molecular weight is 569 g/mol. The lowest BCUT2D eigenvalue weighted by Crippen LogP contribution is -2.45. The molecule has 0 saturated carbocycles. The largest absolute Gasteiger partial charge is 0.497 e. The average Bonchev–Trinajstić information content (AvgIpc) is 3.09. The zero-order chi connectivity index (χ0) is 29.4. The molecule has 3 aliphatic rings. The van der Waals surface area contributed by atoms with Gasteiger partial charge in [-0.1, -0.05) is 103 Å². The standard InChI is InChI=1S/C39H36O4/c1-41-29-20-16-27(17-21-29)39(26-10-4-3-5-11-26,28-18-22-30(42-2)23-19-28)43-25-36-35(24-40)37-31-12-6-8-14-33(31)38(36)34-15-9-7-13-32(34)37/h3-23,35-38,40H,24-25H2,1-2H3/t35-,36-,37?,38?/m1/s1. The van der Waals surface area contributed by atoms with Gasteiger partial charge in [-0.05, 0) is 75.0 Å². The molecular weight excluding hydrogens is 532 g/mol. The first-order valence-corrected chi connectivity index (χ1v) is 15.0. The van der Waals surface area contributed by atoms with Crippen LogP contribution in [0.5, 0.6) is 11.5 Å². The topological polar surface area (TPSA) is 47.9 Å². The summed E-state index contributed by atoms with van der Waals surface area (Å²) in [5.74, 6) is 1.96. The molecule has 216 valence electrons. The van der Waals surface area contributed by atoms with E-state index in [1.807, 2.05) is 30.3 Å². The molecular formula is C39H36O4. The third-order valence-electron chi connectivity index (χ3n) is 9.62. The summed E-state index contributed by atoms with van der Waals surface area (Å²) in [7, 11) is 3.37. The number of rotatable bonds is 9. The second-order valence-electron chi connectivity index (χ2n) is 11.5. The molecule has 5 aromatic rings. The molecule has 8 rings (SSSR count). The highest BCUT2D eigenvalue weighted by atomic mass is 16.5. The van der Waals surface area contributed by atoms with Crippen molar-refractivity contribution in [3.63, 3.8) is 0 Å². The number of aliphatic hydroxyl groups excluding tert-OH is 1. The van der Waals surface area contributed by atoms with Crippen molar-refractivity contribution in [3.05, 3.63) is 166 Å². The Morgan fingerprint density at radius 1 is 0.512 bits per heavy atom. The minimum absolute atomic E-state index is 0.0370. The van der Waals surface area contributed by atoms with Gasteiger partial charge in [0.15, 0.2) is 0 Å². The number of fused-ring (bicyclic) bond motifs is 1. The molecule has 0 fully saturated rings. The number of hydrogen-bond acceptors (Lipinski definition) is 4. The molecule has 4 nitrogen and oxygen atoms in total. The van der Waals surface area contributed by atoms with E-state index in [0.29, 0.717) is 6.61 Å². The van der Waals surface area contributed by atoms with Gasteiger partial charge >= 0.3 is 0 Å². The number of benzene rings is 5. The summed E-state index contributed by atoms with van der Waals surface area (Å²) >= 11 is 0. The molecule has 0 heterocycles. The van der Waals surface area contributed by atoms with E-state index in [-0.39, 0.29) is 30.3 Å². The Balaban J connectivity index is 1.38. The van der Waals surface area contributed by atoms with E-state index in [0.717, 1.165) is 28.2 Å². The van der Waals surface area contributed by atoms with Crippen LogP contribution in [0.25, 0.3) is 0 Å². The Labute approximate surface area is 253 Å². The number of hydrogen-bond donors (Lipinski definition) is 1. The maximum atomic E-state index is 10.9. The van der Waals surface area contributed by atoms with Crippen LogP contribution in [0.4, 0.5) is 0 Å². The van der Waals surface area contributed by atoms with Crippen molar-refractivity contribution in [1.29, 1.82) is 0 Å². The quantitative estimate of drug-likeness (QED) is 0.187. The molecule has 0 saturated heterocycles. The first-order chi connectivity index (χ1) is 21.2. The predicted molar refractivity (Wildman–Crippen MR) is 169 cm³/mol. The molecule has 0 aromatic heterocycles. The summed E-state index contributed by atoms with van der Waals surface area (Å²) in [6, 6.07) is 44.3. The van der Waals surface area contributed by atoms with E-state index in [2.05, 4.69) is 97.1 Å². The van der Waals surface area contributed by atoms with Gasteiger partial charge in [0.05, 0.1) is 20.8 Å².